The highest BCUT2D eigenvalue weighted by Crippen LogP contribution is 2.45. The van der Waals surface area contributed by atoms with E-state index in [1.54, 1.807) is 17.5 Å². The van der Waals surface area contributed by atoms with Crippen molar-refractivity contribution in [2.45, 2.75) is 43.2 Å². The van der Waals surface area contributed by atoms with Gasteiger partial charge in [-0.1, -0.05) is 18.9 Å². The van der Waals surface area contributed by atoms with E-state index in [0.29, 0.717) is 22.7 Å². The van der Waals surface area contributed by atoms with Crippen molar-refractivity contribution in [2.75, 3.05) is 32.7 Å². The molecule has 2 fully saturated rings. The monoisotopic (exact) mass is 512 g/mol. The smallest absolute Gasteiger partial charge is 0.250 e. The van der Waals surface area contributed by atoms with Crippen LogP contribution in [0.15, 0.2) is 26.7 Å². The third-order valence-corrected chi connectivity index (χ3v) is 8.02. The van der Waals surface area contributed by atoms with E-state index in [1.807, 2.05) is 0 Å². The third-order valence-electron chi connectivity index (χ3n) is 5.16. The normalized spacial score (nSPS) is 19.7. The number of nitrogens with one attached hydrogen (secondary N) is 2. The van der Waals surface area contributed by atoms with E-state index in [0.717, 1.165) is 25.6 Å². The van der Waals surface area contributed by atoms with Gasteiger partial charge >= 0.3 is 0 Å². The molecule has 1 saturated heterocycles. The van der Waals surface area contributed by atoms with Crippen LogP contribution in [0.25, 0.3) is 0 Å². The van der Waals surface area contributed by atoms with Gasteiger partial charge in [0.15, 0.2) is 5.96 Å². The Morgan fingerprint density at radius 2 is 2.12 bits per heavy atom. The minimum Gasteiger partial charge on any atom is -0.357 e. The average molecular weight is 512 g/mol. The molecule has 1 spiro atoms. The molecule has 0 bridgehead atoms. The molecule has 0 radical (unpaired) electrons. The SMILES string of the molecule is CCNC(=NCCNS(=O)(=O)c1cccs1)N1CCC2(CCCC2)C1.I. The van der Waals surface area contributed by atoms with Gasteiger partial charge in [-0.2, -0.15) is 0 Å². The van der Waals surface area contributed by atoms with Crippen LogP contribution in [-0.2, 0) is 10.0 Å². The Bertz CT molecular complexity index is 686. The molecule has 2 N–H and O–H groups in total. The minimum atomic E-state index is -3.40. The number of hydrogen-bond acceptors (Lipinski definition) is 4. The molecule has 2 aliphatic rings. The van der Waals surface area contributed by atoms with E-state index in [-0.39, 0.29) is 24.0 Å². The zero-order valence-electron chi connectivity index (χ0n) is 15.2. The van der Waals surface area contributed by atoms with Gasteiger partial charge in [0.1, 0.15) is 4.21 Å². The molecule has 9 heteroatoms. The first-order chi connectivity index (χ1) is 12.0. The summed E-state index contributed by atoms with van der Waals surface area (Å²) < 4.78 is 27.2. The second kappa shape index (κ2) is 9.70. The molecular formula is C17H29IN4O2S2. The van der Waals surface area contributed by atoms with Gasteiger partial charge in [-0.3, -0.25) is 4.99 Å². The first kappa shape index (κ1) is 21.9. The summed E-state index contributed by atoms with van der Waals surface area (Å²) in [5.74, 6) is 0.918. The summed E-state index contributed by atoms with van der Waals surface area (Å²) in [5.41, 5.74) is 0.497. The molecule has 1 aliphatic heterocycles. The Balaban J connectivity index is 0.00000243. The summed E-state index contributed by atoms with van der Waals surface area (Å²) in [6, 6.07) is 3.36. The van der Waals surface area contributed by atoms with Crippen molar-refractivity contribution in [3.63, 3.8) is 0 Å². The van der Waals surface area contributed by atoms with Gasteiger partial charge in [0, 0.05) is 26.2 Å². The highest BCUT2D eigenvalue weighted by molar-refractivity contribution is 14.0. The van der Waals surface area contributed by atoms with Crippen LogP contribution < -0.4 is 10.0 Å². The summed E-state index contributed by atoms with van der Waals surface area (Å²) in [6.45, 7) is 5.77. The van der Waals surface area contributed by atoms with Crippen LogP contribution in [0.1, 0.15) is 39.0 Å². The zero-order valence-corrected chi connectivity index (χ0v) is 19.2. The van der Waals surface area contributed by atoms with Crippen LogP contribution in [0, 0.1) is 5.41 Å². The maximum Gasteiger partial charge on any atom is 0.250 e. The van der Waals surface area contributed by atoms with E-state index in [1.165, 1.54) is 43.4 Å². The summed E-state index contributed by atoms with van der Waals surface area (Å²) in [5, 5.41) is 5.12. The van der Waals surface area contributed by atoms with Crippen molar-refractivity contribution in [1.82, 2.24) is 14.9 Å². The molecular weight excluding hydrogens is 483 g/mol. The first-order valence-electron chi connectivity index (χ1n) is 9.11. The molecule has 26 heavy (non-hydrogen) atoms. The van der Waals surface area contributed by atoms with Gasteiger partial charge < -0.3 is 10.2 Å². The molecule has 1 aromatic heterocycles. The van der Waals surface area contributed by atoms with E-state index >= 15 is 0 Å². The lowest BCUT2D eigenvalue weighted by molar-refractivity contribution is 0.309. The van der Waals surface area contributed by atoms with Crippen molar-refractivity contribution >= 4 is 51.3 Å². The minimum absolute atomic E-state index is 0. The first-order valence-corrected chi connectivity index (χ1v) is 11.5. The third kappa shape index (κ3) is 5.32. The van der Waals surface area contributed by atoms with Gasteiger partial charge in [0.05, 0.1) is 6.54 Å². The molecule has 1 aromatic rings. The van der Waals surface area contributed by atoms with Gasteiger partial charge in [-0.25, -0.2) is 13.1 Å². The molecule has 0 aromatic carbocycles. The lowest BCUT2D eigenvalue weighted by atomic mass is 9.86. The van der Waals surface area contributed by atoms with Gasteiger partial charge in [0.25, 0.3) is 0 Å². The van der Waals surface area contributed by atoms with Crippen molar-refractivity contribution in [2.24, 2.45) is 10.4 Å². The zero-order chi connectivity index (χ0) is 17.8. The Labute approximate surface area is 177 Å². The number of sulfonamides is 1. The molecule has 0 atom stereocenters. The second-order valence-corrected chi connectivity index (χ2v) is 9.89. The van der Waals surface area contributed by atoms with Crippen molar-refractivity contribution in [3.8, 4) is 0 Å². The lowest BCUT2D eigenvalue weighted by Crippen LogP contribution is -2.41. The van der Waals surface area contributed by atoms with Crippen LogP contribution in [0.2, 0.25) is 0 Å². The van der Waals surface area contributed by atoms with Crippen LogP contribution >= 0.6 is 35.3 Å². The molecule has 0 amide bonds. The van der Waals surface area contributed by atoms with Crippen LogP contribution in [0.5, 0.6) is 0 Å². The average Bonchev–Trinajstić information content (AvgIpc) is 3.34. The fourth-order valence-electron chi connectivity index (χ4n) is 3.90. The van der Waals surface area contributed by atoms with Gasteiger partial charge in [0.2, 0.25) is 10.0 Å². The number of nitrogens with zero attached hydrogens (tertiary/aromatic N) is 2. The maximum absolute atomic E-state index is 12.1. The van der Waals surface area contributed by atoms with Gasteiger partial charge in [-0.15, -0.1) is 35.3 Å². The molecule has 148 valence electrons. The summed E-state index contributed by atoms with van der Waals surface area (Å²) >= 11 is 1.23. The van der Waals surface area contributed by atoms with E-state index in [4.69, 9.17) is 0 Å². The number of rotatable bonds is 6. The fraction of sp³-hybridized carbons (Fsp3) is 0.706. The van der Waals surface area contributed by atoms with E-state index in [9.17, 15) is 8.42 Å². The number of guanidine groups is 1. The molecule has 1 aliphatic carbocycles. The molecule has 0 unspecified atom stereocenters. The van der Waals surface area contributed by atoms with Crippen molar-refractivity contribution in [1.29, 1.82) is 0 Å². The molecule has 1 saturated carbocycles. The highest BCUT2D eigenvalue weighted by Gasteiger charge is 2.41. The van der Waals surface area contributed by atoms with E-state index in [2.05, 4.69) is 26.9 Å². The summed E-state index contributed by atoms with van der Waals surface area (Å²) in [6.07, 6.45) is 6.63. The number of aliphatic imine (C=N–C) groups is 1. The summed E-state index contributed by atoms with van der Waals surface area (Å²) in [4.78, 5) is 6.99. The number of hydrogen-bond donors (Lipinski definition) is 2. The van der Waals surface area contributed by atoms with E-state index < -0.39 is 10.0 Å². The Morgan fingerprint density at radius 1 is 1.35 bits per heavy atom. The second-order valence-electron chi connectivity index (χ2n) is 6.94. The van der Waals surface area contributed by atoms with Gasteiger partial charge in [-0.05, 0) is 43.0 Å². The standard InChI is InChI=1S/C17H28N4O2S2.HI/c1-2-18-16(21-12-9-17(14-21)7-3-4-8-17)19-10-11-20-25(22,23)15-6-5-13-24-15;/h5-6,13,20H,2-4,7-12,14H2,1H3,(H,18,19);1H. The molecule has 2 heterocycles. The Kier molecular flexibility index (Phi) is 8.17. The largest absolute Gasteiger partial charge is 0.357 e. The van der Waals surface area contributed by atoms with Crippen LogP contribution in [-0.4, -0.2) is 52.0 Å². The Morgan fingerprint density at radius 3 is 2.77 bits per heavy atom. The topological polar surface area (TPSA) is 73.8 Å². The quantitative estimate of drug-likeness (QED) is 0.266. The lowest BCUT2D eigenvalue weighted by Gasteiger charge is -2.26. The highest BCUT2D eigenvalue weighted by atomic mass is 127. The number of likely N-dealkylation sites (tertiary alicyclic amines) is 1. The fourth-order valence-corrected chi connectivity index (χ4v) is 5.96. The molecule has 3 rings (SSSR count). The maximum atomic E-state index is 12.1. The Hall–Kier alpha value is -0.390. The van der Waals surface area contributed by atoms with Crippen LogP contribution in [0.3, 0.4) is 0 Å². The van der Waals surface area contributed by atoms with Crippen LogP contribution in [0.4, 0.5) is 0 Å². The number of thiophene rings is 1. The van der Waals surface area contributed by atoms with Crippen molar-refractivity contribution < 1.29 is 8.42 Å². The number of halogens is 1. The van der Waals surface area contributed by atoms with Crippen molar-refractivity contribution in [3.05, 3.63) is 17.5 Å². The predicted octanol–water partition coefficient (Wildman–Crippen LogP) is 2.88. The predicted molar refractivity (Wildman–Crippen MR) is 118 cm³/mol. The molecule has 6 nitrogen and oxygen atoms in total. The summed E-state index contributed by atoms with van der Waals surface area (Å²) in [7, 11) is -3.40.